The van der Waals surface area contributed by atoms with Crippen LogP contribution in [-0.2, 0) is 0 Å². The summed E-state index contributed by atoms with van der Waals surface area (Å²) in [7, 11) is 0. The molecule has 0 aliphatic carbocycles. The van der Waals surface area contributed by atoms with Gasteiger partial charge >= 0.3 is 0 Å². The van der Waals surface area contributed by atoms with Gasteiger partial charge < -0.3 is 19.6 Å². The maximum Gasteiger partial charge on any atom is 0.0464 e. The van der Waals surface area contributed by atoms with Crippen LogP contribution in [0.1, 0.15) is 11.1 Å². The van der Waals surface area contributed by atoms with E-state index >= 15 is 0 Å². The lowest BCUT2D eigenvalue weighted by atomic mass is 9.95. The fraction of sp³-hybridized carbons (Fsp3) is 0.0323. The van der Waals surface area contributed by atoms with Gasteiger partial charge in [0.15, 0.2) is 0 Å². The monoisotopic (exact) mass is 850 g/mol. The predicted octanol–water partition coefficient (Wildman–Crippen LogP) is 17.8. The summed E-state index contributed by atoms with van der Waals surface area (Å²) in [6.07, 6.45) is 0. The van der Waals surface area contributed by atoms with Crippen LogP contribution in [0.2, 0.25) is 0 Å². The van der Waals surface area contributed by atoms with Crippen LogP contribution in [0.5, 0.6) is 0 Å². The Hall–Kier alpha value is -8.60. The van der Waals surface area contributed by atoms with E-state index in [2.05, 4.69) is 300 Å². The molecular weight excluding hydrogens is 801 g/mol. The van der Waals surface area contributed by atoms with E-state index in [1.807, 2.05) is 0 Å². The Labute approximate surface area is 389 Å². The van der Waals surface area contributed by atoms with Crippen LogP contribution in [0.15, 0.2) is 267 Å². The van der Waals surface area contributed by atoms with E-state index in [0.717, 1.165) is 68.2 Å². The topological polar surface area (TPSA) is 13.0 Å². The Morgan fingerprint density at radius 1 is 0.182 bits per heavy atom. The van der Waals surface area contributed by atoms with Crippen molar-refractivity contribution in [3.8, 4) is 11.1 Å². The van der Waals surface area contributed by atoms with Crippen LogP contribution in [0.3, 0.4) is 0 Å². The lowest BCUT2D eigenvalue weighted by molar-refractivity contribution is 1.24. The summed E-state index contributed by atoms with van der Waals surface area (Å²) in [5.41, 5.74) is 18.0. The van der Waals surface area contributed by atoms with Crippen LogP contribution in [0.4, 0.5) is 68.2 Å². The van der Waals surface area contributed by atoms with Gasteiger partial charge in [-0.15, -0.1) is 0 Å². The highest BCUT2D eigenvalue weighted by Crippen LogP contribution is 2.43. The first-order valence-corrected chi connectivity index (χ1v) is 22.5. The van der Waals surface area contributed by atoms with Crippen LogP contribution in [0, 0.1) is 13.8 Å². The largest absolute Gasteiger partial charge is 0.311 e. The first kappa shape index (κ1) is 41.4. The zero-order valence-corrected chi connectivity index (χ0v) is 37.2. The summed E-state index contributed by atoms with van der Waals surface area (Å²) in [6.45, 7) is 4.45. The quantitative estimate of drug-likeness (QED) is 0.115. The standard InChI is InChI=1S/C62H50N4/c1-47-45-59(65(53-29-17-7-18-30-53)57-37-33-55(34-38-57)63(49-21-9-3-10-22-49)50-23-11-4-12-24-50)41-43-61(47)62-44-42-60(46-48(62)2)66(54-31-19-8-20-32-54)58-39-35-56(36-40-58)64(51-25-13-5-14-26-51)52-27-15-6-16-28-52/h3-46H,1-2H3. The highest BCUT2D eigenvalue weighted by Gasteiger charge is 2.20. The number of rotatable bonds is 13. The minimum atomic E-state index is 1.08. The van der Waals surface area contributed by atoms with E-state index in [1.165, 1.54) is 22.3 Å². The molecular formula is C62H50N4. The smallest absolute Gasteiger partial charge is 0.0464 e. The van der Waals surface area contributed by atoms with Crippen molar-refractivity contribution < 1.29 is 0 Å². The Balaban J connectivity index is 0.966. The number of hydrogen-bond acceptors (Lipinski definition) is 4. The highest BCUT2D eigenvalue weighted by atomic mass is 15.2. The molecule has 0 unspecified atom stereocenters. The molecule has 4 nitrogen and oxygen atoms in total. The predicted molar refractivity (Wildman–Crippen MR) is 280 cm³/mol. The van der Waals surface area contributed by atoms with Gasteiger partial charge in [-0.25, -0.2) is 0 Å². The van der Waals surface area contributed by atoms with Gasteiger partial charge in [0.25, 0.3) is 0 Å². The van der Waals surface area contributed by atoms with Gasteiger partial charge in [0, 0.05) is 68.2 Å². The summed E-state index contributed by atoms with van der Waals surface area (Å²) in [5, 5.41) is 0. The number of benzene rings is 10. The Morgan fingerprint density at radius 3 is 0.545 bits per heavy atom. The molecule has 0 atom stereocenters. The van der Waals surface area contributed by atoms with E-state index < -0.39 is 0 Å². The van der Waals surface area contributed by atoms with Gasteiger partial charge in [0.1, 0.15) is 0 Å². The third kappa shape index (κ3) is 8.68. The maximum atomic E-state index is 2.34. The first-order valence-electron chi connectivity index (χ1n) is 22.5. The molecule has 0 N–H and O–H groups in total. The van der Waals surface area contributed by atoms with Crippen molar-refractivity contribution in [3.05, 3.63) is 278 Å². The summed E-state index contributed by atoms with van der Waals surface area (Å²) in [6, 6.07) is 94.9. The zero-order valence-electron chi connectivity index (χ0n) is 37.2. The molecule has 0 spiro atoms. The molecule has 0 aliphatic rings. The van der Waals surface area contributed by atoms with Gasteiger partial charge in [-0.2, -0.15) is 0 Å². The second kappa shape index (κ2) is 19.0. The van der Waals surface area contributed by atoms with Crippen LogP contribution < -0.4 is 19.6 Å². The average Bonchev–Trinajstić information content (AvgIpc) is 3.38. The third-order valence-corrected chi connectivity index (χ3v) is 12.0. The summed E-state index contributed by atoms with van der Waals surface area (Å²) in [5.74, 6) is 0. The van der Waals surface area contributed by atoms with Crippen LogP contribution >= 0.6 is 0 Å². The number of anilines is 12. The van der Waals surface area contributed by atoms with Crippen molar-refractivity contribution in [1.29, 1.82) is 0 Å². The zero-order chi connectivity index (χ0) is 44.7. The van der Waals surface area contributed by atoms with E-state index in [4.69, 9.17) is 0 Å². The Bertz CT molecular complexity index is 2830. The highest BCUT2D eigenvalue weighted by molar-refractivity contribution is 5.86. The van der Waals surface area contributed by atoms with E-state index in [0.29, 0.717) is 0 Å². The summed E-state index contributed by atoms with van der Waals surface area (Å²) < 4.78 is 0. The van der Waals surface area contributed by atoms with Gasteiger partial charge in [0.2, 0.25) is 0 Å². The van der Waals surface area contributed by atoms with E-state index in [9.17, 15) is 0 Å². The third-order valence-electron chi connectivity index (χ3n) is 12.0. The van der Waals surface area contributed by atoms with Gasteiger partial charge in [-0.3, -0.25) is 0 Å². The molecule has 0 saturated heterocycles. The molecule has 0 fully saturated rings. The van der Waals surface area contributed by atoms with Crippen molar-refractivity contribution in [2.45, 2.75) is 13.8 Å². The SMILES string of the molecule is Cc1cc(N(c2ccccc2)c2ccc(N(c3ccccc3)c3ccccc3)cc2)ccc1-c1ccc(N(c2ccccc2)c2ccc(N(c3ccccc3)c3ccccc3)cc2)cc1C. The summed E-state index contributed by atoms with van der Waals surface area (Å²) in [4.78, 5) is 9.27. The number of para-hydroxylation sites is 6. The van der Waals surface area contributed by atoms with Crippen LogP contribution in [-0.4, -0.2) is 0 Å². The molecule has 10 aromatic rings. The average molecular weight is 851 g/mol. The first-order chi connectivity index (χ1) is 32.6. The van der Waals surface area contributed by atoms with Crippen molar-refractivity contribution in [3.63, 3.8) is 0 Å². The van der Waals surface area contributed by atoms with Crippen molar-refractivity contribution in [2.24, 2.45) is 0 Å². The fourth-order valence-corrected chi connectivity index (χ4v) is 8.93. The van der Waals surface area contributed by atoms with Crippen molar-refractivity contribution in [2.75, 3.05) is 19.6 Å². The molecule has 0 bridgehead atoms. The lowest BCUT2D eigenvalue weighted by Gasteiger charge is -2.29. The molecule has 0 aliphatic heterocycles. The summed E-state index contributed by atoms with van der Waals surface area (Å²) >= 11 is 0. The molecule has 0 heterocycles. The molecule has 66 heavy (non-hydrogen) atoms. The van der Waals surface area contributed by atoms with Gasteiger partial charge in [-0.1, -0.05) is 121 Å². The van der Waals surface area contributed by atoms with Crippen LogP contribution in [0.25, 0.3) is 11.1 Å². The molecule has 0 saturated carbocycles. The Kier molecular flexibility index (Phi) is 11.9. The Morgan fingerprint density at radius 2 is 0.348 bits per heavy atom. The van der Waals surface area contributed by atoms with E-state index in [1.54, 1.807) is 0 Å². The normalized spacial score (nSPS) is 10.9. The fourth-order valence-electron chi connectivity index (χ4n) is 8.93. The second-order valence-corrected chi connectivity index (χ2v) is 16.4. The molecule has 0 radical (unpaired) electrons. The van der Waals surface area contributed by atoms with Gasteiger partial charge in [0.05, 0.1) is 0 Å². The minimum absolute atomic E-state index is 1.08. The van der Waals surface area contributed by atoms with Crippen molar-refractivity contribution in [1.82, 2.24) is 0 Å². The molecule has 10 rings (SSSR count). The minimum Gasteiger partial charge on any atom is -0.311 e. The molecule has 0 amide bonds. The van der Waals surface area contributed by atoms with E-state index in [-0.39, 0.29) is 0 Å². The van der Waals surface area contributed by atoms with Crippen molar-refractivity contribution >= 4 is 68.2 Å². The molecule has 0 aromatic heterocycles. The second-order valence-electron chi connectivity index (χ2n) is 16.4. The molecule has 318 valence electrons. The number of hydrogen-bond donors (Lipinski definition) is 0. The number of nitrogens with zero attached hydrogens (tertiary/aromatic N) is 4. The number of aryl methyl sites for hydroxylation is 2. The maximum absolute atomic E-state index is 2.34. The molecule has 4 heteroatoms. The van der Waals surface area contributed by atoms with Gasteiger partial charge in [-0.05, 0) is 182 Å². The molecule has 10 aromatic carbocycles. The lowest BCUT2D eigenvalue weighted by Crippen LogP contribution is -2.12.